The van der Waals surface area contributed by atoms with E-state index >= 15 is 0 Å². The maximum absolute atomic E-state index is 6.16. The van der Waals surface area contributed by atoms with Crippen LogP contribution >= 0.6 is 27.5 Å². The van der Waals surface area contributed by atoms with Crippen LogP contribution in [0.15, 0.2) is 22.7 Å². The number of likely N-dealkylation sites (N-methyl/N-ethyl adjacent to an activating group) is 2. The Morgan fingerprint density at radius 3 is 2.81 bits per heavy atom. The van der Waals surface area contributed by atoms with Crippen molar-refractivity contribution in [3.63, 3.8) is 0 Å². The second-order valence-corrected chi connectivity index (χ2v) is 5.15. The first-order valence-corrected chi connectivity index (χ1v) is 6.63. The van der Waals surface area contributed by atoms with Crippen molar-refractivity contribution in [3.05, 3.63) is 33.3 Å². The Morgan fingerprint density at radius 1 is 1.44 bits per heavy atom. The quantitative estimate of drug-likeness (QED) is 0.812. The van der Waals surface area contributed by atoms with E-state index in [-0.39, 0.29) is 0 Å². The minimum Gasteiger partial charge on any atom is -0.316 e. The summed E-state index contributed by atoms with van der Waals surface area (Å²) in [5.74, 6) is 0. The molecule has 0 bridgehead atoms. The molecule has 0 saturated carbocycles. The summed E-state index contributed by atoms with van der Waals surface area (Å²) >= 11 is 9.57. The van der Waals surface area contributed by atoms with E-state index in [2.05, 4.69) is 46.2 Å². The highest BCUT2D eigenvalue weighted by atomic mass is 79.9. The molecule has 0 aliphatic carbocycles. The van der Waals surface area contributed by atoms with Crippen LogP contribution in [0.25, 0.3) is 0 Å². The van der Waals surface area contributed by atoms with Gasteiger partial charge in [-0.25, -0.2) is 0 Å². The summed E-state index contributed by atoms with van der Waals surface area (Å²) < 4.78 is 1.02. The van der Waals surface area contributed by atoms with Gasteiger partial charge in [-0.2, -0.15) is 0 Å². The summed E-state index contributed by atoms with van der Waals surface area (Å²) in [6.45, 7) is 6.07. The van der Waals surface area contributed by atoms with Gasteiger partial charge in [0.2, 0.25) is 0 Å². The van der Waals surface area contributed by atoms with Crippen LogP contribution in [0.2, 0.25) is 5.02 Å². The van der Waals surface area contributed by atoms with Crippen molar-refractivity contribution < 1.29 is 0 Å². The zero-order valence-electron chi connectivity index (χ0n) is 9.76. The second kappa shape index (κ2) is 7.28. The van der Waals surface area contributed by atoms with Crippen LogP contribution in [0.3, 0.4) is 0 Å². The Morgan fingerprint density at radius 2 is 2.19 bits per heavy atom. The molecule has 0 aromatic heterocycles. The molecule has 1 aromatic carbocycles. The molecule has 0 spiro atoms. The van der Waals surface area contributed by atoms with Gasteiger partial charge in [0.25, 0.3) is 0 Å². The molecule has 0 heterocycles. The van der Waals surface area contributed by atoms with E-state index in [1.54, 1.807) is 0 Å². The molecule has 16 heavy (non-hydrogen) atoms. The van der Waals surface area contributed by atoms with Crippen molar-refractivity contribution in [1.29, 1.82) is 0 Å². The molecule has 0 amide bonds. The zero-order valence-corrected chi connectivity index (χ0v) is 12.1. The molecule has 1 aromatic rings. The minimum absolute atomic E-state index is 0.824. The van der Waals surface area contributed by atoms with Crippen molar-refractivity contribution in [2.75, 3.05) is 26.7 Å². The molecule has 90 valence electrons. The zero-order chi connectivity index (χ0) is 12.0. The molecular formula is C12H18BrClN2. The van der Waals surface area contributed by atoms with E-state index in [9.17, 15) is 0 Å². The van der Waals surface area contributed by atoms with Crippen molar-refractivity contribution in [2.45, 2.75) is 13.5 Å². The minimum atomic E-state index is 0.824. The van der Waals surface area contributed by atoms with Crippen molar-refractivity contribution in [2.24, 2.45) is 0 Å². The number of hydrogen-bond donors (Lipinski definition) is 1. The Balaban J connectivity index is 2.46. The van der Waals surface area contributed by atoms with Crippen LogP contribution in [0.4, 0.5) is 0 Å². The summed E-state index contributed by atoms with van der Waals surface area (Å²) in [5.41, 5.74) is 1.17. The van der Waals surface area contributed by atoms with E-state index in [0.717, 1.165) is 35.7 Å². The average molecular weight is 306 g/mol. The van der Waals surface area contributed by atoms with Gasteiger partial charge in [-0.1, -0.05) is 40.5 Å². The Hall–Kier alpha value is -0.0900. The summed E-state index contributed by atoms with van der Waals surface area (Å²) in [6.07, 6.45) is 0. The maximum Gasteiger partial charge on any atom is 0.0462 e. The van der Waals surface area contributed by atoms with Crippen molar-refractivity contribution in [1.82, 2.24) is 10.2 Å². The number of halogens is 2. The second-order valence-electron chi connectivity index (χ2n) is 3.83. The monoisotopic (exact) mass is 304 g/mol. The van der Waals surface area contributed by atoms with Gasteiger partial charge in [-0.05, 0) is 31.3 Å². The molecule has 0 radical (unpaired) electrons. The SMILES string of the molecule is CCNCCN(C)Cc1ccc(Br)cc1Cl. The highest BCUT2D eigenvalue weighted by Crippen LogP contribution is 2.22. The van der Waals surface area contributed by atoms with Gasteiger partial charge in [-0.3, -0.25) is 0 Å². The molecule has 0 aliphatic rings. The highest BCUT2D eigenvalue weighted by Gasteiger charge is 2.04. The lowest BCUT2D eigenvalue weighted by atomic mass is 10.2. The van der Waals surface area contributed by atoms with Crippen molar-refractivity contribution in [3.8, 4) is 0 Å². The van der Waals surface area contributed by atoms with Gasteiger partial charge in [0.1, 0.15) is 0 Å². The molecule has 2 nitrogen and oxygen atoms in total. The normalized spacial score (nSPS) is 11.1. The molecule has 4 heteroatoms. The molecule has 0 fully saturated rings. The third kappa shape index (κ3) is 4.83. The van der Waals surface area contributed by atoms with Gasteiger partial charge >= 0.3 is 0 Å². The van der Waals surface area contributed by atoms with Gasteiger partial charge in [-0.15, -0.1) is 0 Å². The fourth-order valence-corrected chi connectivity index (χ4v) is 2.20. The third-order valence-electron chi connectivity index (χ3n) is 2.38. The summed E-state index contributed by atoms with van der Waals surface area (Å²) in [7, 11) is 2.11. The van der Waals surface area contributed by atoms with Crippen LogP contribution < -0.4 is 5.32 Å². The highest BCUT2D eigenvalue weighted by molar-refractivity contribution is 9.10. The van der Waals surface area contributed by atoms with Gasteiger partial charge in [0.05, 0.1) is 0 Å². The maximum atomic E-state index is 6.16. The first-order chi connectivity index (χ1) is 7.63. The largest absolute Gasteiger partial charge is 0.316 e. The Labute approximate surface area is 111 Å². The predicted molar refractivity (Wildman–Crippen MR) is 74.0 cm³/mol. The summed E-state index contributed by atoms with van der Waals surface area (Å²) in [6, 6.07) is 6.03. The van der Waals surface area contributed by atoms with E-state index in [1.165, 1.54) is 5.56 Å². The number of rotatable bonds is 6. The summed E-state index contributed by atoms with van der Waals surface area (Å²) in [4.78, 5) is 2.26. The predicted octanol–water partition coefficient (Wildman–Crippen LogP) is 3.14. The van der Waals surface area contributed by atoms with Gasteiger partial charge < -0.3 is 10.2 Å². The molecule has 0 saturated heterocycles. The molecule has 0 aliphatic heterocycles. The van der Waals surface area contributed by atoms with Crippen LogP contribution in [0.1, 0.15) is 12.5 Å². The molecular weight excluding hydrogens is 288 g/mol. The molecule has 0 atom stereocenters. The van der Waals surface area contributed by atoms with Crippen LogP contribution in [-0.4, -0.2) is 31.6 Å². The third-order valence-corrected chi connectivity index (χ3v) is 3.22. The first kappa shape index (κ1) is 14.0. The lowest BCUT2D eigenvalue weighted by Crippen LogP contribution is -2.28. The van der Waals surface area contributed by atoms with E-state index in [1.807, 2.05) is 12.1 Å². The fraction of sp³-hybridized carbons (Fsp3) is 0.500. The Bertz CT molecular complexity index is 331. The van der Waals surface area contributed by atoms with E-state index < -0.39 is 0 Å². The van der Waals surface area contributed by atoms with Crippen LogP contribution in [-0.2, 0) is 6.54 Å². The smallest absolute Gasteiger partial charge is 0.0462 e. The van der Waals surface area contributed by atoms with Gasteiger partial charge in [0, 0.05) is 29.1 Å². The lowest BCUT2D eigenvalue weighted by Gasteiger charge is -2.17. The van der Waals surface area contributed by atoms with E-state index in [0.29, 0.717) is 0 Å². The molecule has 0 unspecified atom stereocenters. The number of hydrogen-bond acceptors (Lipinski definition) is 2. The lowest BCUT2D eigenvalue weighted by molar-refractivity contribution is 0.325. The summed E-state index contributed by atoms with van der Waals surface area (Å²) in [5, 5.41) is 4.13. The topological polar surface area (TPSA) is 15.3 Å². The standard InChI is InChI=1S/C12H18BrClN2/c1-3-15-6-7-16(2)9-10-4-5-11(13)8-12(10)14/h4-5,8,15H,3,6-7,9H2,1-2H3. The fourth-order valence-electron chi connectivity index (χ4n) is 1.47. The number of benzene rings is 1. The molecule has 1 N–H and O–H groups in total. The molecule has 1 rings (SSSR count). The number of nitrogens with zero attached hydrogens (tertiary/aromatic N) is 1. The van der Waals surface area contributed by atoms with E-state index in [4.69, 9.17) is 11.6 Å². The van der Waals surface area contributed by atoms with Crippen molar-refractivity contribution >= 4 is 27.5 Å². The first-order valence-electron chi connectivity index (χ1n) is 5.46. The van der Waals surface area contributed by atoms with Crippen LogP contribution in [0.5, 0.6) is 0 Å². The average Bonchev–Trinajstić information content (AvgIpc) is 2.23. The Kier molecular flexibility index (Phi) is 6.36. The van der Waals surface area contributed by atoms with Crippen LogP contribution in [0, 0.1) is 0 Å². The number of nitrogens with one attached hydrogen (secondary N) is 1. The van der Waals surface area contributed by atoms with Gasteiger partial charge in [0.15, 0.2) is 0 Å².